The summed E-state index contributed by atoms with van der Waals surface area (Å²) < 4.78 is 5.66. The molecule has 2 aliphatic rings. The number of nitrogens with one attached hydrogen (secondary N) is 2. The fourth-order valence-electron chi connectivity index (χ4n) is 5.59. The highest BCUT2D eigenvalue weighted by Crippen LogP contribution is 2.45. The van der Waals surface area contributed by atoms with Gasteiger partial charge in [-0.1, -0.05) is 56.5 Å². The Morgan fingerprint density at radius 3 is 2.33 bits per heavy atom. The molecule has 0 spiro atoms. The fraction of sp³-hybridized carbons (Fsp3) is 0.667. The molecule has 2 fully saturated rings. The Labute approximate surface area is 198 Å². The summed E-state index contributed by atoms with van der Waals surface area (Å²) >= 11 is 0. The van der Waals surface area contributed by atoms with Gasteiger partial charge in [0.2, 0.25) is 11.8 Å². The largest absolute Gasteiger partial charge is 0.461 e. The summed E-state index contributed by atoms with van der Waals surface area (Å²) in [6, 6.07) is 9.84. The summed E-state index contributed by atoms with van der Waals surface area (Å²) in [5.74, 6) is -0.196. The first-order valence-corrected chi connectivity index (χ1v) is 12.7. The van der Waals surface area contributed by atoms with Crippen molar-refractivity contribution in [3.05, 3.63) is 35.9 Å². The van der Waals surface area contributed by atoms with Crippen LogP contribution in [0.1, 0.15) is 83.1 Å². The maximum atomic E-state index is 13.5. The second-order valence-electron chi connectivity index (χ2n) is 9.91. The first-order chi connectivity index (χ1) is 16.0. The molecule has 0 heterocycles. The highest BCUT2D eigenvalue weighted by molar-refractivity contribution is 5.84. The van der Waals surface area contributed by atoms with Crippen LogP contribution < -0.4 is 10.6 Å². The number of benzene rings is 1. The Balaban J connectivity index is 1.59. The minimum absolute atomic E-state index is 0.0527. The van der Waals surface area contributed by atoms with E-state index in [0.29, 0.717) is 6.42 Å². The number of carbonyl (C=O) groups excluding carboxylic acids is 3. The molecule has 2 amide bonds. The molecule has 182 valence electrons. The molecule has 6 nitrogen and oxygen atoms in total. The van der Waals surface area contributed by atoms with Gasteiger partial charge in [-0.2, -0.15) is 0 Å². The SMILES string of the molecule is CCCC(CC1(C(=O)NC2CCC(C(=O)NC)CC2)CCCC1)C(=O)OCc1ccccc1. The number of hydrogen-bond donors (Lipinski definition) is 2. The smallest absolute Gasteiger partial charge is 0.309 e. The van der Waals surface area contributed by atoms with Gasteiger partial charge < -0.3 is 15.4 Å². The van der Waals surface area contributed by atoms with Crippen molar-refractivity contribution in [2.24, 2.45) is 17.3 Å². The number of rotatable bonds is 10. The van der Waals surface area contributed by atoms with Crippen LogP contribution in [0.3, 0.4) is 0 Å². The molecule has 0 saturated heterocycles. The van der Waals surface area contributed by atoms with Crippen molar-refractivity contribution < 1.29 is 19.1 Å². The van der Waals surface area contributed by atoms with Crippen LogP contribution in [-0.4, -0.2) is 30.9 Å². The first kappa shape index (κ1) is 25.3. The molecule has 0 bridgehead atoms. The van der Waals surface area contributed by atoms with Crippen molar-refractivity contribution in [1.29, 1.82) is 0 Å². The predicted octanol–water partition coefficient (Wildman–Crippen LogP) is 4.52. The van der Waals surface area contributed by atoms with E-state index in [1.54, 1.807) is 7.05 Å². The third-order valence-corrected chi connectivity index (χ3v) is 7.55. The molecule has 2 saturated carbocycles. The van der Waals surface area contributed by atoms with Crippen molar-refractivity contribution in [1.82, 2.24) is 10.6 Å². The third kappa shape index (κ3) is 6.81. The van der Waals surface area contributed by atoms with Gasteiger partial charge in [0.1, 0.15) is 6.61 Å². The molecule has 0 aliphatic heterocycles. The van der Waals surface area contributed by atoms with Gasteiger partial charge in [0.15, 0.2) is 0 Å². The zero-order chi connectivity index (χ0) is 23.7. The van der Waals surface area contributed by atoms with Gasteiger partial charge in [-0.25, -0.2) is 0 Å². The monoisotopic (exact) mass is 456 g/mol. The fourth-order valence-corrected chi connectivity index (χ4v) is 5.59. The van der Waals surface area contributed by atoms with E-state index in [1.165, 1.54) is 0 Å². The lowest BCUT2D eigenvalue weighted by Gasteiger charge is -2.35. The molecule has 6 heteroatoms. The molecular weight excluding hydrogens is 416 g/mol. The Kier molecular flexibility index (Phi) is 9.33. The van der Waals surface area contributed by atoms with E-state index in [0.717, 1.165) is 69.8 Å². The van der Waals surface area contributed by atoms with Crippen LogP contribution in [0.15, 0.2) is 30.3 Å². The van der Waals surface area contributed by atoms with Crippen LogP contribution in [0.2, 0.25) is 0 Å². The van der Waals surface area contributed by atoms with Crippen molar-refractivity contribution in [3.8, 4) is 0 Å². The Morgan fingerprint density at radius 1 is 1.06 bits per heavy atom. The van der Waals surface area contributed by atoms with Gasteiger partial charge in [0.05, 0.1) is 11.3 Å². The molecular formula is C27H40N2O4. The topological polar surface area (TPSA) is 84.5 Å². The van der Waals surface area contributed by atoms with Crippen molar-refractivity contribution in [2.45, 2.75) is 90.2 Å². The summed E-state index contributed by atoms with van der Waals surface area (Å²) in [5, 5.41) is 6.04. The summed E-state index contributed by atoms with van der Waals surface area (Å²) in [4.78, 5) is 38.4. The van der Waals surface area contributed by atoms with Crippen LogP contribution in [0.4, 0.5) is 0 Å². The molecule has 0 aromatic heterocycles. The van der Waals surface area contributed by atoms with Crippen LogP contribution in [-0.2, 0) is 25.7 Å². The second-order valence-corrected chi connectivity index (χ2v) is 9.91. The molecule has 0 radical (unpaired) electrons. The highest BCUT2D eigenvalue weighted by Gasteiger charge is 2.45. The maximum Gasteiger partial charge on any atom is 0.309 e. The minimum atomic E-state index is -0.483. The number of hydrogen-bond acceptors (Lipinski definition) is 4. The number of carbonyl (C=O) groups is 3. The number of ether oxygens (including phenoxy) is 1. The van der Waals surface area contributed by atoms with Gasteiger partial charge in [-0.3, -0.25) is 14.4 Å². The normalized spacial score (nSPS) is 22.8. The summed E-state index contributed by atoms with van der Waals surface area (Å²) in [5.41, 5.74) is 0.491. The second kappa shape index (κ2) is 12.2. The van der Waals surface area contributed by atoms with E-state index in [1.807, 2.05) is 30.3 Å². The van der Waals surface area contributed by atoms with E-state index < -0.39 is 5.41 Å². The van der Waals surface area contributed by atoms with Crippen molar-refractivity contribution in [2.75, 3.05) is 7.05 Å². The summed E-state index contributed by atoms with van der Waals surface area (Å²) in [7, 11) is 1.68. The Morgan fingerprint density at radius 2 is 1.73 bits per heavy atom. The van der Waals surface area contributed by atoms with Crippen molar-refractivity contribution >= 4 is 17.8 Å². The Bertz CT molecular complexity index is 781. The lowest BCUT2D eigenvalue weighted by molar-refractivity contribution is -0.152. The standard InChI is InChI=1S/C27H40N2O4/c1-3-9-22(25(31)33-19-20-10-5-4-6-11-20)18-27(16-7-8-17-27)26(32)29-23-14-12-21(13-15-23)24(30)28-2/h4-6,10-11,21-23H,3,7-9,12-19H2,1-2H3,(H,28,30)(H,29,32). The number of esters is 1. The molecule has 2 aliphatic carbocycles. The van der Waals surface area contributed by atoms with Crippen molar-refractivity contribution in [3.63, 3.8) is 0 Å². The van der Waals surface area contributed by atoms with E-state index in [9.17, 15) is 14.4 Å². The van der Waals surface area contributed by atoms with Gasteiger partial charge in [0.25, 0.3) is 0 Å². The van der Waals surface area contributed by atoms with Gasteiger partial charge >= 0.3 is 5.97 Å². The summed E-state index contributed by atoms with van der Waals surface area (Å²) in [6.45, 7) is 2.34. The van der Waals surface area contributed by atoms with Crippen LogP contribution in [0.25, 0.3) is 0 Å². The van der Waals surface area contributed by atoms with Crippen LogP contribution >= 0.6 is 0 Å². The number of amides is 2. The average Bonchev–Trinajstić information content (AvgIpc) is 3.33. The highest BCUT2D eigenvalue weighted by atomic mass is 16.5. The molecule has 33 heavy (non-hydrogen) atoms. The quantitative estimate of drug-likeness (QED) is 0.507. The van der Waals surface area contributed by atoms with Crippen LogP contribution in [0, 0.1) is 17.3 Å². The maximum absolute atomic E-state index is 13.5. The lowest BCUT2D eigenvalue weighted by atomic mass is 9.75. The van der Waals surface area contributed by atoms with Gasteiger partial charge in [-0.15, -0.1) is 0 Å². The third-order valence-electron chi connectivity index (χ3n) is 7.55. The van der Waals surface area contributed by atoms with E-state index >= 15 is 0 Å². The minimum Gasteiger partial charge on any atom is -0.461 e. The van der Waals surface area contributed by atoms with Gasteiger partial charge in [0, 0.05) is 19.0 Å². The molecule has 3 rings (SSSR count). The van der Waals surface area contributed by atoms with Gasteiger partial charge in [-0.05, 0) is 56.9 Å². The zero-order valence-electron chi connectivity index (χ0n) is 20.2. The molecule has 1 aromatic rings. The molecule has 1 aromatic carbocycles. The lowest BCUT2D eigenvalue weighted by Crippen LogP contribution is -2.47. The Hall–Kier alpha value is -2.37. The van der Waals surface area contributed by atoms with E-state index in [-0.39, 0.29) is 42.3 Å². The molecule has 1 unspecified atom stereocenters. The average molecular weight is 457 g/mol. The predicted molar refractivity (Wildman–Crippen MR) is 128 cm³/mol. The van der Waals surface area contributed by atoms with E-state index in [4.69, 9.17) is 4.74 Å². The van der Waals surface area contributed by atoms with Crippen LogP contribution in [0.5, 0.6) is 0 Å². The first-order valence-electron chi connectivity index (χ1n) is 12.7. The zero-order valence-corrected chi connectivity index (χ0v) is 20.2. The van der Waals surface area contributed by atoms with E-state index in [2.05, 4.69) is 17.6 Å². The molecule has 2 N–H and O–H groups in total. The summed E-state index contributed by atoms with van der Waals surface area (Å²) in [6.07, 6.45) is 9.17. The molecule has 1 atom stereocenters.